The Bertz CT molecular complexity index is 819. The van der Waals surface area contributed by atoms with Crippen LogP contribution in [0.1, 0.15) is 35.3 Å². The third kappa shape index (κ3) is 3.99. The van der Waals surface area contributed by atoms with E-state index < -0.39 is 15.1 Å². The van der Waals surface area contributed by atoms with Crippen LogP contribution in [0.3, 0.4) is 0 Å². The summed E-state index contributed by atoms with van der Waals surface area (Å²) in [5, 5.41) is 2.29. The molecule has 0 aliphatic heterocycles. The summed E-state index contributed by atoms with van der Waals surface area (Å²) in [7, 11) is -3.40. The number of carbonyl (C=O) groups excluding carboxylic acids is 1. The predicted octanol–water partition coefficient (Wildman–Crippen LogP) is 3.74. The number of aryl methyl sites for hydroxylation is 2. The normalized spacial score (nSPS) is 11.5. The van der Waals surface area contributed by atoms with Gasteiger partial charge >= 0.3 is 0 Å². The smallest absolute Gasteiger partial charge is 0.255 e. The van der Waals surface area contributed by atoms with Crippen molar-refractivity contribution in [1.29, 1.82) is 0 Å². The molecule has 1 amide bonds. The summed E-state index contributed by atoms with van der Waals surface area (Å²) in [6.45, 7) is 7.16. The minimum Gasteiger partial charge on any atom is -0.322 e. The molecule has 0 aliphatic carbocycles. The van der Waals surface area contributed by atoms with E-state index in [1.807, 2.05) is 32.0 Å². The minimum absolute atomic E-state index is 0.167. The first-order chi connectivity index (χ1) is 10.7. The Balaban J connectivity index is 2.30. The van der Waals surface area contributed by atoms with Gasteiger partial charge in [0.15, 0.2) is 9.84 Å². The number of hydrogen-bond acceptors (Lipinski definition) is 3. The van der Waals surface area contributed by atoms with Crippen LogP contribution in [0.15, 0.2) is 47.4 Å². The second-order valence-corrected chi connectivity index (χ2v) is 8.46. The third-order valence-corrected chi connectivity index (χ3v) is 5.68. The predicted molar refractivity (Wildman–Crippen MR) is 92.6 cm³/mol. The third-order valence-electron chi connectivity index (χ3n) is 3.52. The molecule has 0 aliphatic rings. The van der Waals surface area contributed by atoms with Gasteiger partial charge in [0, 0.05) is 11.3 Å². The molecule has 0 saturated carbocycles. The quantitative estimate of drug-likeness (QED) is 0.928. The van der Waals surface area contributed by atoms with Crippen molar-refractivity contribution < 1.29 is 13.2 Å². The van der Waals surface area contributed by atoms with E-state index in [0.29, 0.717) is 11.3 Å². The first-order valence-electron chi connectivity index (χ1n) is 7.44. The van der Waals surface area contributed by atoms with Crippen LogP contribution in [0.25, 0.3) is 0 Å². The van der Waals surface area contributed by atoms with Crippen molar-refractivity contribution in [3.05, 3.63) is 59.2 Å². The number of hydrogen-bond donors (Lipinski definition) is 1. The van der Waals surface area contributed by atoms with Gasteiger partial charge in [-0.3, -0.25) is 4.79 Å². The number of sulfone groups is 1. The van der Waals surface area contributed by atoms with E-state index >= 15 is 0 Å². The van der Waals surface area contributed by atoms with Gasteiger partial charge in [-0.15, -0.1) is 0 Å². The van der Waals surface area contributed by atoms with Gasteiger partial charge in [-0.1, -0.05) is 12.1 Å². The maximum atomic E-state index is 12.4. The van der Waals surface area contributed by atoms with Crippen molar-refractivity contribution in [2.75, 3.05) is 5.32 Å². The lowest BCUT2D eigenvalue weighted by molar-refractivity contribution is 0.102. The molecule has 4 nitrogen and oxygen atoms in total. The molecule has 0 heterocycles. The first-order valence-corrected chi connectivity index (χ1v) is 8.98. The van der Waals surface area contributed by atoms with E-state index in [1.165, 1.54) is 12.1 Å². The van der Waals surface area contributed by atoms with Crippen molar-refractivity contribution in [2.24, 2.45) is 0 Å². The van der Waals surface area contributed by atoms with Crippen molar-refractivity contribution in [3.8, 4) is 0 Å². The molecule has 2 rings (SSSR count). The Morgan fingerprint density at radius 3 is 2.17 bits per heavy atom. The van der Waals surface area contributed by atoms with Gasteiger partial charge in [-0.05, 0) is 69.2 Å². The van der Waals surface area contributed by atoms with E-state index in [-0.39, 0.29) is 10.8 Å². The number of carbonyl (C=O) groups is 1. The summed E-state index contributed by atoms with van der Waals surface area (Å²) in [5.74, 6) is -0.323. The SMILES string of the molecule is Cc1cc(C)cc(NC(=O)c2cccc(S(=O)(=O)C(C)C)c2)c1. The lowest BCUT2D eigenvalue weighted by Crippen LogP contribution is -2.16. The van der Waals surface area contributed by atoms with Crippen molar-refractivity contribution in [1.82, 2.24) is 0 Å². The van der Waals surface area contributed by atoms with E-state index in [4.69, 9.17) is 0 Å². The topological polar surface area (TPSA) is 63.2 Å². The first kappa shape index (κ1) is 17.2. The molecule has 0 unspecified atom stereocenters. The zero-order valence-corrected chi connectivity index (χ0v) is 14.6. The molecule has 23 heavy (non-hydrogen) atoms. The molecule has 0 atom stereocenters. The van der Waals surface area contributed by atoms with E-state index in [0.717, 1.165) is 11.1 Å². The lowest BCUT2D eigenvalue weighted by atomic mass is 10.1. The molecule has 0 spiro atoms. The molecule has 0 fully saturated rings. The summed E-state index contributed by atoms with van der Waals surface area (Å²) in [6.07, 6.45) is 0. The van der Waals surface area contributed by atoms with Gasteiger partial charge in [0.1, 0.15) is 0 Å². The van der Waals surface area contributed by atoms with Crippen LogP contribution < -0.4 is 5.32 Å². The van der Waals surface area contributed by atoms with Crippen LogP contribution in [0, 0.1) is 13.8 Å². The van der Waals surface area contributed by atoms with Gasteiger partial charge < -0.3 is 5.32 Å². The van der Waals surface area contributed by atoms with E-state index in [1.54, 1.807) is 26.0 Å². The summed E-state index contributed by atoms with van der Waals surface area (Å²) in [6, 6.07) is 11.9. The van der Waals surface area contributed by atoms with Crippen LogP contribution in [-0.2, 0) is 9.84 Å². The lowest BCUT2D eigenvalue weighted by Gasteiger charge is -2.10. The monoisotopic (exact) mass is 331 g/mol. The van der Waals surface area contributed by atoms with Gasteiger partial charge in [0.25, 0.3) is 5.91 Å². The minimum atomic E-state index is -3.40. The molecular weight excluding hydrogens is 310 g/mol. The van der Waals surface area contributed by atoms with E-state index in [2.05, 4.69) is 5.32 Å². The van der Waals surface area contributed by atoms with Crippen LogP contribution in [0.2, 0.25) is 0 Å². The number of anilines is 1. The molecule has 2 aromatic rings. The average molecular weight is 331 g/mol. The summed E-state index contributed by atoms with van der Waals surface area (Å²) in [4.78, 5) is 12.5. The highest BCUT2D eigenvalue weighted by molar-refractivity contribution is 7.92. The molecule has 5 heteroatoms. The van der Waals surface area contributed by atoms with Gasteiger partial charge in [-0.25, -0.2) is 8.42 Å². The molecule has 0 bridgehead atoms. The highest BCUT2D eigenvalue weighted by Gasteiger charge is 2.20. The van der Waals surface area contributed by atoms with Crippen molar-refractivity contribution in [3.63, 3.8) is 0 Å². The van der Waals surface area contributed by atoms with E-state index in [9.17, 15) is 13.2 Å². The number of nitrogens with one attached hydrogen (secondary N) is 1. The Hall–Kier alpha value is -2.14. The maximum Gasteiger partial charge on any atom is 0.255 e. The molecule has 0 saturated heterocycles. The average Bonchev–Trinajstić information content (AvgIpc) is 2.46. The molecule has 122 valence electrons. The standard InChI is InChI=1S/C18H21NO3S/c1-12(2)23(21,22)17-7-5-6-15(11-17)18(20)19-16-9-13(3)8-14(4)10-16/h5-12H,1-4H3,(H,19,20). The van der Waals surface area contributed by atoms with Crippen LogP contribution in [-0.4, -0.2) is 19.6 Å². The molecular formula is C18H21NO3S. The Kier molecular flexibility index (Phi) is 4.90. The molecule has 0 aromatic heterocycles. The number of benzene rings is 2. The maximum absolute atomic E-state index is 12.4. The van der Waals surface area contributed by atoms with Crippen LogP contribution >= 0.6 is 0 Å². The fourth-order valence-corrected chi connectivity index (χ4v) is 3.44. The van der Waals surface area contributed by atoms with Gasteiger partial charge in [0.2, 0.25) is 0 Å². The Labute approximate surface area is 137 Å². The van der Waals surface area contributed by atoms with Gasteiger partial charge in [-0.2, -0.15) is 0 Å². The molecule has 1 N–H and O–H groups in total. The van der Waals surface area contributed by atoms with Crippen LogP contribution in [0.5, 0.6) is 0 Å². The van der Waals surface area contributed by atoms with Crippen molar-refractivity contribution in [2.45, 2.75) is 37.8 Å². The van der Waals surface area contributed by atoms with Crippen molar-refractivity contribution >= 4 is 21.4 Å². The summed E-state index contributed by atoms with van der Waals surface area (Å²) < 4.78 is 24.4. The number of amides is 1. The zero-order chi connectivity index (χ0) is 17.2. The fraction of sp³-hybridized carbons (Fsp3) is 0.278. The second kappa shape index (κ2) is 6.54. The highest BCUT2D eigenvalue weighted by atomic mass is 32.2. The molecule has 0 radical (unpaired) electrons. The number of rotatable bonds is 4. The Morgan fingerprint density at radius 2 is 1.61 bits per heavy atom. The summed E-state index contributed by atoms with van der Waals surface area (Å²) >= 11 is 0. The second-order valence-electron chi connectivity index (χ2n) is 5.95. The highest BCUT2D eigenvalue weighted by Crippen LogP contribution is 2.19. The zero-order valence-electron chi connectivity index (χ0n) is 13.8. The fourth-order valence-electron chi connectivity index (χ4n) is 2.34. The largest absolute Gasteiger partial charge is 0.322 e. The Morgan fingerprint density at radius 1 is 1.00 bits per heavy atom. The molecule has 2 aromatic carbocycles. The summed E-state index contributed by atoms with van der Waals surface area (Å²) in [5.41, 5.74) is 3.13. The van der Waals surface area contributed by atoms with Gasteiger partial charge in [0.05, 0.1) is 10.1 Å². The van der Waals surface area contributed by atoms with Crippen LogP contribution in [0.4, 0.5) is 5.69 Å².